The van der Waals surface area contributed by atoms with Crippen molar-refractivity contribution in [3.63, 3.8) is 0 Å². The van der Waals surface area contributed by atoms with Crippen LogP contribution in [0.2, 0.25) is 0 Å². The molecule has 2 aromatic rings. The van der Waals surface area contributed by atoms with Gasteiger partial charge in [0.05, 0.1) is 30.3 Å². The zero-order valence-corrected chi connectivity index (χ0v) is 19.4. The summed E-state index contributed by atoms with van der Waals surface area (Å²) >= 11 is 1.33. The molecule has 0 atom stereocenters. The van der Waals surface area contributed by atoms with Crippen molar-refractivity contribution in [2.75, 3.05) is 20.0 Å². The third kappa shape index (κ3) is 5.02. The lowest BCUT2D eigenvalue weighted by molar-refractivity contribution is 0.394. The van der Waals surface area contributed by atoms with Crippen molar-refractivity contribution in [3.8, 4) is 23.0 Å². The lowest BCUT2D eigenvalue weighted by atomic mass is 10.1. The van der Waals surface area contributed by atoms with Gasteiger partial charge in [-0.3, -0.25) is 4.55 Å². The minimum atomic E-state index is -4.22. The molecule has 172 valence electrons. The van der Waals surface area contributed by atoms with E-state index in [4.69, 9.17) is 19.8 Å². The first-order chi connectivity index (χ1) is 15.8. The van der Waals surface area contributed by atoms with E-state index < -0.39 is 10.1 Å². The Morgan fingerprint density at radius 3 is 2.52 bits per heavy atom. The van der Waals surface area contributed by atoms with Gasteiger partial charge in [0.15, 0.2) is 22.5 Å². The van der Waals surface area contributed by atoms with Crippen LogP contribution in [0.3, 0.4) is 0 Å². The first-order valence-electron chi connectivity index (χ1n) is 9.73. The lowest BCUT2D eigenvalue weighted by Crippen LogP contribution is -2.10. The van der Waals surface area contributed by atoms with Crippen LogP contribution in [0.15, 0.2) is 63.7 Å². The van der Waals surface area contributed by atoms with Crippen molar-refractivity contribution in [2.24, 2.45) is 0 Å². The fourth-order valence-electron chi connectivity index (χ4n) is 3.18. The topological polar surface area (TPSA) is 142 Å². The fraction of sp³-hybridized carbons (Fsp3) is 0.190. The highest BCUT2D eigenvalue weighted by Gasteiger charge is 2.20. The van der Waals surface area contributed by atoms with Gasteiger partial charge in [0.2, 0.25) is 0 Å². The molecule has 0 unspecified atom stereocenters. The minimum absolute atomic E-state index is 0.146. The fourth-order valence-corrected chi connectivity index (χ4v) is 4.56. The molecule has 4 rings (SSSR count). The molecule has 33 heavy (non-hydrogen) atoms. The van der Waals surface area contributed by atoms with E-state index in [1.165, 1.54) is 23.9 Å². The summed E-state index contributed by atoms with van der Waals surface area (Å²) in [5.74, 6) is 2.21. The number of nitrogen functional groups attached to an aromatic ring is 1. The van der Waals surface area contributed by atoms with E-state index in [1.807, 2.05) is 22.8 Å². The van der Waals surface area contributed by atoms with Crippen LogP contribution >= 0.6 is 11.8 Å². The molecule has 0 radical (unpaired) electrons. The van der Waals surface area contributed by atoms with Crippen LogP contribution in [0.5, 0.6) is 11.5 Å². The highest BCUT2D eigenvalue weighted by molar-refractivity contribution is 7.99. The first-order valence-corrected chi connectivity index (χ1v) is 12.0. The quantitative estimate of drug-likeness (QED) is 0.356. The number of hydrogen-bond acceptors (Lipinski definition) is 9. The predicted octanol–water partition coefficient (Wildman–Crippen LogP) is 3.02. The molecule has 2 heterocycles. The summed E-state index contributed by atoms with van der Waals surface area (Å²) in [5.41, 5.74) is 7.41. The molecular formula is C21H21N5O5S2. The van der Waals surface area contributed by atoms with Gasteiger partial charge < -0.3 is 19.8 Å². The summed E-state index contributed by atoms with van der Waals surface area (Å²) in [6.45, 7) is 0.514. The van der Waals surface area contributed by atoms with Crippen molar-refractivity contribution in [2.45, 2.75) is 27.9 Å². The van der Waals surface area contributed by atoms with Gasteiger partial charge in [-0.25, -0.2) is 15.0 Å². The lowest BCUT2D eigenvalue weighted by Gasteiger charge is -2.11. The van der Waals surface area contributed by atoms with Gasteiger partial charge in [0.1, 0.15) is 11.5 Å². The van der Waals surface area contributed by atoms with Crippen LogP contribution in [0.25, 0.3) is 11.5 Å². The molecular weight excluding hydrogens is 466 g/mol. The summed E-state index contributed by atoms with van der Waals surface area (Å²) in [7, 11) is -1.04. The molecule has 12 heteroatoms. The van der Waals surface area contributed by atoms with Crippen LogP contribution in [-0.2, 0) is 23.1 Å². The average Bonchev–Trinajstić information content (AvgIpc) is 3.23. The maximum absolute atomic E-state index is 11.2. The Morgan fingerprint density at radius 2 is 1.85 bits per heavy atom. The molecule has 0 aromatic heterocycles. The predicted molar refractivity (Wildman–Crippen MR) is 122 cm³/mol. The number of hydrogen-bond donors (Lipinski definition) is 2. The summed E-state index contributed by atoms with van der Waals surface area (Å²) in [6.07, 6.45) is 2.18. The Kier molecular flexibility index (Phi) is 6.40. The number of fused-ring (bicyclic) bond motifs is 1. The number of imidazole rings is 1. The standard InChI is InChI=1S/C21H21N5O5S2/c1-30-14-5-8-16(31-2)17(11-14)32-21-24-18-19(22)23-12-26(20(18)25-21)10-9-13-3-6-15(7-4-13)33(27,28)29/h3-8,11-12H,9-10,22H2,1-2H3,(H,27,28,29). The third-order valence-electron chi connectivity index (χ3n) is 4.91. The maximum atomic E-state index is 11.2. The van der Waals surface area contributed by atoms with Gasteiger partial charge in [-0.2, -0.15) is 8.42 Å². The SMILES string of the molecule is COc1ccc(OC)c(Sc2nc3c(N)ncn(CCc4ccc(S(=O)(=O)O)cc4)c-3n2)c1. The largest absolute Gasteiger partial charge is 0.497 e. The normalized spacial score (nSPS) is 11.6. The van der Waals surface area contributed by atoms with E-state index >= 15 is 0 Å². The number of aromatic nitrogens is 4. The highest BCUT2D eigenvalue weighted by atomic mass is 32.2. The molecule has 0 spiro atoms. The van der Waals surface area contributed by atoms with Crippen molar-refractivity contribution in [1.29, 1.82) is 0 Å². The minimum Gasteiger partial charge on any atom is -0.497 e. The molecule has 0 amide bonds. The number of ether oxygens (including phenoxy) is 2. The summed E-state index contributed by atoms with van der Waals surface area (Å²) in [4.78, 5) is 14.1. The molecule has 0 saturated heterocycles. The smallest absolute Gasteiger partial charge is 0.294 e. The molecule has 0 bridgehead atoms. The summed E-state index contributed by atoms with van der Waals surface area (Å²) < 4.78 is 44.1. The Morgan fingerprint density at radius 1 is 1.09 bits per heavy atom. The zero-order valence-electron chi connectivity index (χ0n) is 17.8. The van der Waals surface area contributed by atoms with Gasteiger partial charge in [-0.1, -0.05) is 12.1 Å². The van der Waals surface area contributed by atoms with E-state index in [1.54, 1.807) is 32.7 Å². The molecule has 2 aromatic carbocycles. The molecule has 0 fully saturated rings. The maximum Gasteiger partial charge on any atom is 0.294 e. The van der Waals surface area contributed by atoms with E-state index in [2.05, 4.69) is 15.0 Å². The van der Waals surface area contributed by atoms with Crippen LogP contribution in [0.4, 0.5) is 5.82 Å². The number of nitrogens with zero attached hydrogens (tertiary/aromatic N) is 4. The Labute approximate surface area is 194 Å². The van der Waals surface area contributed by atoms with Crippen molar-refractivity contribution < 1.29 is 22.4 Å². The summed E-state index contributed by atoms with van der Waals surface area (Å²) in [5, 5.41) is 0.488. The number of rotatable bonds is 8. The van der Waals surface area contributed by atoms with Crippen molar-refractivity contribution in [3.05, 3.63) is 54.4 Å². The zero-order chi connectivity index (χ0) is 23.6. The van der Waals surface area contributed by atoms with Crippen LogP contribution < -0.4 is 15.2 Å². The molecule has 10 nitrogen and oxygen atoms in total. The van der Waals surface area contributed by atoms with E-state index in [9.17, 15) is 8.42 Å². The van der Waals surface area contributed by atoms with Gasteiger partial charge >= 0.3 is 0 Å². The Balaban J connectivity index is 1.58. The van der Waals surface area contributed by atoms with Gasteiger partial charge in [0.25, 0.3) is 10.1 Å². The van der Waals surface area contributed by atoms with Gasteiger partial charge in [-0.05, 0) is 54.1 Å². The first kappa shape index (κ1) is 22.8. The molecule has 3 N–H and O–H groups in total. The second-order valence-corrected chi connectivity index (χ2v) is 9.42. The van der Waals surface area contributed by atoms with Gasteiger partial charge in [-0.15, -0.1) is 0 Å². The monoisotopic (exact) mass is 487 g/mol. The van der Waals surface area contributed by atoms with E-state index in [0.29, 0.717) is 41.1 Å². The van der Waals surface area contributed by atoms with Crippen molar-refractivity contribution in [1.82, 2.24) is 19.5 Å². The van der Waals surface area contributed by atoms with Crippen LogP contribution in [-0.4, -0.2) is 46.7 Å². The Bertz CT molecular complexity index is 1360. The second kappa shape index (κ2) is 9.25. The third-order valence-corrected chi connectivity index (χ3v) is 6.68. The number of benzene rings is 2. The van der Waals surface area contributed by atoms with E-state index in [0.717, 1.165) is 10.5 Å². The number of aryl methyl sites for hydroxylation is 2. The molecule has 2 aliphatic rings. The number of anilines is 1. The van der Waals surface area contributed by atoms with Crippen LogP contribution in [0, 0.1) is 0 Å². The number of methoxy groups -OCH3 is 2. The average molecular weight is 488 g/mol. The molecule has 2 aliphatic heterocycles. The second-order valence-electron chi connectivity index (χ2n) is 6.99. The van der Waals surface area contributed by atoms with E-state index in [-0.39, 0.29) is 10.7 Å². The highest BCUT2D eigenvalue weighted by Crippen LogP contribution is 2.38. The van der Waals surface area contributed by atoms with Crippen LogP contribution in [0.1, 0.15) is 5.56 Å². The molecule has 0 saturated carbocycles. The Hall–Kier alpha value is -3.35. The van der Waals surface area contributed by atoms with Crippen molar-refractivity contribution >= 4 is 27.7 Å². The van der Waals surface area contributed by atoms with Gasteiger partial charge in [0, 0.05) is 6.54 Å². The summed E-state index contributed by atoms with van der Waals surface area (Å²) in [6, 6.07) is 11.5. The number of nitrogens with two attached hydrogens (primary N) is 1. The molecule has 0 aliphatic carbocycles.